The van der Waals surface area contributed by atoms with E-state index < -0.39 is 80.2 Å². The van der Waals surface area contributed by atoms with Crippen LogP contribution in [0.25, 0.3) is 0 Å². The van der Waals surface area contributed by atoms with Gasteiger partial charge in [0.1, 0.15) is 55.4 Å². The molecule has 4 saturated carbocycles. The summed E-state index contributed by atoms with van der Waals surface area (Å²) in [4.78, 5) is 11.9. The molecular formula is C35H54O14. The van der Waals surface area contributed by atoms with Gasteiger partial charge in [0.05, 0.1) is 31.3 Å². The molecule has 0 radical (unpaired) electrons. The standard InChI is InChI=1S/C35H54O14/c1-33-8-5-18(46-32-30(28(42)26(40)23(14-37)48-32)49-31-29(43)27(41)25(39)22(13-36)47-31)12-17(33)3-4-21-20(33)6-9-34(2)19(7-10-35(21,34)44)16-11-24(38)45-15-16/h17-18,20-23,25-32,36-37,39-44H,3-15H2,1-2H3/b19-16+/t17-,18-,20+,21-,22+,23-,25-,26-,27-,28+,29-,30-,31-,32-,33+,34-,35-/m0/s1. The van der Waals surface area contributed by atoms with E-state index in [2.05, 4.69) is 13.8 Å². The van der Waals surface area contributed by atoms with Gasteiger partial charge in [-0.1, -0.05) is 19.4 Å². The Labute approximate surface area is 285 Å². The van der Waals surface area contributed by atoms with Gasteiger partial charge < -0.3 is 64.5 Å². The van der Waals surface area contributed by atoms with E-state index >= 15 is 0 Å². The zero-order valence-electron chi connectivity index (χ0n) is 28.3. The summed E-state index contributed by atoms with van der Waals surface area (Å²) in [7, 11) is 0. The van der Waals surface area contributed by atoms with E-state index in [1.807, 2.05) is 0 Å². The number of fused-ring (bicyclic) bond motifs is 5. The number of carbonyl (C=O) groups excluding carboxylic acids is 1. The highest BCUT2D eigenvalue weighted by Gasteiger charge is 2.66. The summed E-state index contributed by atoms with van der Waals surface area (Å²) in [5, 5.41) is 84.8. The Bertz CT molecular complexity index is 1280. The van der Waals surface area contributed by atoms with Crippen LogP contribution in [0, 0.1) is 28.6 Å². The van der Waals surface area contributed by atoms with Crippen LogP contribution in [0.4, 0.5) is 0 Å². The smallest absolute Gasteiger partial charge is 0.310 e. The summed E-state index contributed by atoms with van der Waals surface area (Å²) in [6.45, 7) is 3.61. The summed E-state index contributed by atoms with van der Waals surface area (Å²) >= 11 is 0. The Hall–Kier alpha value is -1.27. The second kappa shape index (κ2) is 13.3. The van der Waals surface area contributed by atoms with Crippen molar-refractivity contribution in [1.82, 2.24) is 0 Å². The van der Waals surface area contributed by atoms with E-state index in [-0.39, 0.29) is 34.7 Å². The lowest BCUT2D eigenvalue weighted by atomic mass is 9.43. The van der Waals surface area contributed by atoms with Crippen molar-refractivity contribution < 1.29 is 69.3 Å². The summed E-state index contributed by atoms with van der Waals surface area (Å²) in [5.41, 5.74) is 1.03. The van der Waals surface area contributed by atoms with Crippen LogP contribution in [0.15, 0.2) is 11.1 Å². The fourth-order valence-electron chi connectivity index (χ4n) is 11.2. The number of aliphatic hydroxyl groups is 8. The first kappa shape index (κ1) is 36.1. The van der Waals surface area contributed by atoms with Gasteiger partial charge in [-0.2, -0.15) is 0 Å². The third-order valence-corrected chi connectivity index (χ3v) is 14.1. The molecule has 0 aromatic heterocycles. The molecule has 8 N–H and O–H groups in total. The van der Waals surface area contributed by atoms with E-state index in [0.717, 1.165) is 44.1 Å². The van der Waals surface area contributed by atoms with E-state index in [1.165, 1.54) is 5.57 Å². The van der Waals surface area contributed by atoms with Crippen molar-refractivity contribution in [3.05, 3.63) is 11.1 Å². The van der Waals surface area contributed by atoms with Gasteiger partial charge in [0, 0.05) is 5.41 Å². The fraction of sp³-hybridized carbons (Fsp3) is 0.914. The Morgan fingerprint density at radius 2 is 1.47 bits per heavy atom. The minimum Gasteiger partial charge on any atom is -0.461 e. The number of hydrogen-bond acceptors (Lipinski definition) is 14. The molecule has 278 valence electrons. The lowest BCUT2D eigenvalue weighted by molar-refractivity contribution is -0.373. The Morgan fingerprint density at radius 3 is 2.14 bits per heavy atom. The second-order valence-electron chi connectivity index (χ2n) is 16.2. The van der Waals surface area contributed by atoms with Gasteiger partial charge in [-0.05, 0) is 86.5 Å². The molecule has 0 unspecified atom stereocenters. The number of hydrogen-bond donors (Lipinski definition) is 8. The molecule has 17 atom stereocenters. The number of esters is 1. The molecule has 49 heavy (non-hydrogen) atoms. The zero-order chi connectivity index (χ0) is 35.0. The van der Waals surface area contributed by atoms with Crippen molar-refractivity contribution >= 4 is 5.97 Å². The van der Waals surface area contributed by atoms with E-state index in [1.54, 1.807) is 0 Å². The predicted molar refractivity (Wildman–Crippen MR) is 167 cm³/mol. The SMILES string of the molecule is C[C@@]12CC[C@H](O[C@H]3O[C@@H](CO)[C@H](O)[C@@H](O)[C@@H]3O[C@@H]3O[C@H](CO)[C@H](O)[C@H](O)[C@@H]3O)C[C@@H]1CC[C@H]1[C@H]2CC[C@@]2(C)/C(=C3/COC(=O)C3)CC[C@]12O. The van der Waals surface area contributed by atoms with Crippen LogP contribution in [0.2, 0.25) is 0 Å². The lowest BCUT2D eigenvalue weighted by Crippen LogP contribution is -2.65. The maximum Gasteiger partial charge on any atom is 0.310 e. The Morgan fingerprint density at radius 1 is 0.776 bits per heavy atom. The molecule has 14 nitrogen and oxygen atoms in total. The zero-order valence-corrected chi connectivity index (χ0v) is 28.3. The number of carbonyl (C=O) groups is 1. The van der Waals surface area contributed by atoms with Crippen molar-refractivity contribution in [2.75, 3.05) is 19.8 Å². The minimum atomic E-state index is -1.74. The highest BCUT2D eigenvalue weighted by Crippen LogP contribution is 2.69. The first-order chi connectivity index (χ1) is 23.3. The second-order valence-corrected chi connectivity index (χ2v) is 16.2. The van der Waals surface area contributed by atoms with Crippen LogP contribution >= 0.6 is 0 Å². The third kappa shape index (κ3) is 5.73. The largest absolute Gasteiger partial charge is 0.461 e. The lowest BCUT2D eigenvalue weighted by Gasteiger charge is -2.63. The van der Waals surface area contributed by atoms with Gasteiger partial charge >= 0.3 is 5.97 Å². The minimum absolute atomic E-state index is 0.0365. The highest BCUT2D eigenvalue weighted by molar-refractivity contribution is 5.76. The Kier molecular flexibility index (Phi) is 9.80. The molecule has 0 spiro atoms. The van der Waals surface area contributed by atoms with Gasteiger partial charge in [-0.3, -0.25) is 4.79 Å². The van der Waals surface area contributed by atoms with Crippen LogP contribution < -0.4 is 0 Å². The van der Waals surface area contributed by atoms with E-state index in [0.29, 0.717) is 38.2 Å². The van der Waals surface area contributed by atoms with Crippen LogP contribution in [-0.2, 0) is 28.5 Å². The molecule has 3 heterocycles. The summed E-state index contributed by atoms with van der Waals surface area (Å²) < 4.78 is 29.1. The number of ether oxygens (including phenoxy) is 5. The maximum atomic E-state index is 12.5. The summed E-state index contributed by atoms with van der Waals surface area (Å²) in [6.07, 6.45) is -7.60. The molecule has 4 aliphatic carbocycles. The quantitative estimate of drug-likeness (QED) is 0.0986. The first-order valence-corrected chi connectivity index (χ1v) is 18.1. The monoisotopic (exact) mass is 698 g/mol. The molecule has 3 saturated heterocycles. The van der Waals surface area contributed by atoms with Gasteiger partial charge in [0.25, 0.3) is 0 Å². The molecule has 0 aromatic rings. The van der Waals surface area contributed by atoms with Gasteiger partial charge in [-0.25, -0.2) is 0 Å². The molecule has 7 rings (SSSR count). The van der Waals surface area contributed by atoms with Crippen molar-refractivity contribution in [1.29, 1.82) is 0 Å². The molecule has 0 aromatic carbocycles. The molecule has 7 aliphatic rings. The molecule has 14 heteroatoms. The predicted octanol–water partition coefficient (Wildman–Crippen LogP) is -0.603. The van der Waals surface area contributed by atoms with E-state index in [4.69, 9.17) is 23.7 Å². The normalized spacial score (nSPS) is 54.6. The van der Waals surface area contributed by atoms with Gasteiger partial charge in [0.15, 0.2) is 12.6 Å². The number of aliphatic hydroxyl groups excluding tert-OH is 7. The fourth-order valence-corrected chi connectivity index (χ4v) is 11.2. The molecule has 0 amide bonds. The third-order valence-electron chi connectivity index (χ3n) is 14.1. The van der Waals surface area contributed by atoms with Gasteiger partial charge in [0.2, 0.25) is 0 Å². The Balaban J connectivity index is 1.06. The van der Waals surface area contributed by atoms with Crippen molar-refractivity contribution in [3.8, 4) is 0 Å². The van der Waals surface area contributed by atoms with Crippen molar-refractivity contribution in [3.63, 3.8) is 0 Å². The average molecular weight is 699 g/mol. The first-order valence-electron chi connectivity index (χ1n) is 18.1. The van der Waals surface area contributed by atoms with Crippen LogP contribution in [0.3, 0.4) is 0 Å². The maximum absolute atomic E-state index is 12.5. The molecular weight excluding hydrogens is 644 g/mol. The molecule has 0 bridgehead atoms. The highest BCUT2D eigenvalue weighted by atomic mass is 16.8. The van der Waals surface area contributed by atoms with E-state index in [9.17, 15) is 45.6 Å². The molecule has 3 aliphatic heterocycles. The van der Waals surface area contributed by atoms with Crippen molar-refractivity contribution in [2.24, 2.45) is 28.6 Å². The van der Waals surface area contributed by atoms with Crippen LogP contribution in [0.1, 0.15) is 78.1 Å². The summed E-state index contributed by atoms with van der Waals surface area (Å²) in [6, 6.07) is 0. The number of cyclic esters (lactones) is 1. The number of rotatable bonds is 6. The summed E-state index contributed by atoms with van der Waals surface area (Å²) in [5.74, 6) is 0.560. The van der Waals surface area contributed by atoms with Gasteiger partial charge in [-0.15, -0.1) is 0 Å². The van der Waals surface area contributed by atoms with Crippen LogP contribution in [-0.4, -0.2) is 140 Å². The molecule has 7 fully saturated rings. The average Bonchev–Trinajstić information content (AvgIpc) is 3.63. The van der Waals surface area contributed by atoms with Crippen LogP contribution in [0.5, 0.6) is 0 Å². The topological polar surface area (TPSA) is 225 Å². The van der Waals surface area contributed by atoms with Crippen molar-refractivity contribution in [2.45, 2.75) is 151 Å².